The van der Waals surface area contributed by atoms with E-state index in [4.69, 9.17) is 0 Å². The van der Waals surface area contributed by atoms with Gasteiger partial charge < -0.3 is 9.47 Å². The summed E-state index contributed by atoms with van der Waals surface area (Å²) in [6, 6.07) is 3.87. The molecule has 0 aromatic carbocycles. The fourth-order valence-corrected chi connectivity index (χ4v) is 4.05. The second kappa shape index (κ2) is 8.47. The summed E-state index contributed by atoms with van der Waals surface area (Å²) in [7, 11) is 0. The van der Waals surface area contributed by atoms with Crippen molar-refractivity contribution in [2.45, 2.75) is 56.5 Å². The van der Waals surface area contributed by atoms with E-state index in [-0.39, 0.29) is 11.2 Å². The van der Waals surface area contributed by atoms with E-state index in [0.29, 0.717) is 0 Å². The second-order valence-electron chi connectivity index (χ2n) is 6.34. The minimum atomic E-state index is -0.150. The molecule has 2 aromatic heterocycles. The molecule has 0 N–H and O–H groups in total. The summed E-state index contributed by atoms with van der Waals surface area (Å²) in [6.07, 6.45) is 7.96. The van der Waals surface area contributed by atoms with Crippen LogP contribution in [0.15, 0.2) is 29.7 Å². The first-order valence-corrected chi connectivity index (χ1v) is 9.87. The molecule has 0 bridgehead atoms. The van der Waals surface area contributed by atoms with Crippen LogP contribution in [0, 0.1) is 0 Å². The molecule has 1 fully saturated rings. The number of carbonyl (C=O) groups excluding carboxylic acids is 1. The predicted octanol–water partition coefficient (Wildman–Crippen LogP) is 3.24. The zero-order valence-corrected chi connectivity index (χ0v) is 15.7. The van der Waals surface area contributed by atoms with Crippen LogP contribution in [0.5, 0.6) is 0 Å². The van der Waals surface area contributed by atoms with Gasteiger partial charge in [-0.25, -0.2) is 0 Å². The molecule has 0 spiro atoms. The van der Waals surface area contributed by atoms with Gasteiger partial charge in [0, 0.05) is 37.6 Å². The quantitative estimate of drug-likeness (QED) is 0.741. The topological polar surface area (TPSA) is 63.9 Å². The summed E-state index contributed by atoms with van der Waals surface area (Å²) in [5.74, 6) is 1.05. The summed E-state index contributed by atoms with van der Waals surface area (Å²) < 4.78 is 2.11. The number of likely N-dealkylation sites (tertiary alicyclic amines) is 1. The lowest BCUT2D eigenvalue weighted by Gasteiger charge is -2.28. The highest BCUT2D eigenvalue weighted by Gasteiger charge is 2.25. The molecule has 0 radical (unpaired) electrons. The number of aromatic nitrogens is 4. The van der Waals surface area contributed by atoms with Crippen LogP contribution >= 0.6 is 11.8 Å². The van der Waals surface area contributed by atoms with Gasteiger partial charge in [0.15, 0.2) is 11.0 Å². The average Bonchev–Trinajstić information content (AvgIpc) is 3.05. The fourth-order valence-electron chi connectivity index (χ4n) is 3.10. The number of thioether (sulfide) groups is 1. The molecule has 7 heteroatoms. The molecule has 25 heavy (non-hydrogen) atoms. The molecular weight excluding hydrogens is 334 g/mol. The third kappa shape index (κ3) is 4.21. The monoisotopic (exact) mass is 359 g/mol. The van der Waals surface area contributed by atoms with Crippen molar-refractivity contribution in [3.05, 3.63) is 24.5 Å². The van der Waals surface area contributed by atoms with Crippen molar-refractivity contribution in [3.8, 4) is 11.4 Å². The zero-order valence-electron chi connectivity index (χ0n) is 14.9. The van der Waals surface area contributed by atoms with E-state index in [9.17, 15) is 4.79 Å². The molecule has 1 aliphatic rings. The number of hydrogen-bond acceptors (Lipinski definition) is 5. The number of nitrogens with zero attached hydrogens (tertiary/aromatic N) is 5. The normalized spacial score (nSPS) is 16.0. The smallest absolute Gasteiger partial charge is 0.235 e. The van der Waals surface area contributed by atoms with Crippen molar-refractivity contribution < 1.29 is 4.79 Å². The van der Waals surface area contributed by atoms with E-state index in [1.165, 1.54) is 18.2 Å². The van der Waals surface area contributed by atoms with Gasteiger partial charge in [-0.05, 0) is 44.7 Å². The molecule has 0 saturated carbocycles. The molecule has 1 amide bonds. The Hall–Kier alpha value is -1.89. The third-order valence-corrected chi connectivity index (χ3v) is 5.47. The van der Waals surface area contributed by atoms with Gasteiger partial charge in [0.1, 0.15) is 0 Å². The van der Waals surface area contributed by atoms with Crippen molar-refractivity contribution in [2.75, 3.05) is 13.1 Å². The Bertz CT molecular complexity index is 697. The summed E-state index contributed by atoms with van der Waals surface area (Å²) in [5, 5.41) is 9.39. The fraction of sp³-hybridized carbons (Fsp3) is 0.556. The maximum absolute atomic E-state index is 12.7. The first-order valence-electron chi connectivity index (χ1n) is 8.99. The van der Waals surface area contributed by atoms with Crippen LogP contribution in [0.25, 0.3) is 11.4 Å². The molecular formula is C18H25N5OS. The van der Waals surface area contributed by atoms with Crippen molar-refractivity contribution in [2.24, 2.45) is 0 Å². The van der Waals surface area contributed by atoms with Crippen LogP contribution in [-0.4, -0.2) is 48.9 Å². The molecule has 0 aliphatic carbocycles. The molecule has 134 valence electrons. The third-order valence-electron chi connectivity index (χ3n) is 4.40. The lowest BCUT2D eigenvalue weighted by atomic mass is 10.1. The van der Waals surface area contributed by atoms with Gasteiger partial charge in [-0.1, -0.05) is 18.7 Å². The minimum Gasteiger partial charge on any atom is -0.342 e. The average molecular weight is 359 g/mol. The van der Waals surface area contributed by atoms with Gasteiger partial charge in [-0.15, -0.1) is 10.2 Å². The van der Waals surface area contributed by atoms with E-state index in [2.05, 4.69) is 26.7 Å². The van der Waals surface area contributed by atoms with E-state index in [1.807, 2.05) is 24.0 Å². The van der Waals surface area contributed by atoms with E-state index in [0.717, 1.165) is 55.4 Å². The van der Waals surface area contributed by atoms with Crippen LogP contribution in [0.3, 0.4) is 0 Å². The zero-order chi connectivity index (χ0) is 17.6. The Morgan fingerprint density at radius 1 is 1.20 bits per heavy atom. The van der Waals surface area contributed by atoms with E-state index >= 15 is 0 Å². The van der Waals surface area contributed by atoms with Crippen LogP contribution in [-0.2, 0) is 11.3 Å². The molecule has 2 aromatic rings. The molecule has 1 aliphatic heterocycles. The highest BCUT2D eigenvalue weighted by atomic mass is 32.2. The van der Waals surface area contributed by atoms with Gasteiger partial charge in [-0.2, -0.15) is 0 Å². The van der Waals surface area contributed by atoms with Gasteiger partial charge in [-0.3, -0.25) is 9.78 Å². The first kappa shape index (κ1) is 17.9. The Morgan fingerprint density at radius 3 is 2.60 bits per heavy atom. The summed E-state index contributed by atoms with van der Waals surface area (Å²) in [4.78, 5) is 18.7. The van der Waals surface area contributed by atoms with Crippen molar-refractivity contribution in [3.63, 3.8) is 0 Å². The Morgan fingerprint density at radius 2 is 1.92 bits per heavy atom. The van der Waals surface area contributed by atoms with E-state index < -0.39 is 0 Å². The van der Waals surface area contributed by atoms with Gasteiger partial charge in [0.05, 0.1) is 5.25 Å². The molecule has 1 unspecified atom stereocenters. The second-order valence-corrected chi connectivity index (χ2v) is 7.65. The van der Waals surface area contributed by atoms with Crippen LogP contribution < -0.4 is 0 Å². The number of amides is 1. The predicted molar refractivity (Wildman–Crippen MR) is 99.3 cm³/mol. The number of piperidine rings is 1. The van der Waals surface area contributed by atoms with Crippen LogP contribution in [0.2, 0.25) is 0 Å². The summed E-state index contributed by atoms with van der Waals surface area (Å²) in [6.45, 7) is 6.70. The Kier molecular flexibility index (Phi) is 6.07. The number of carbonyl (C=O) groups is 1. The molecule has 1 atom stereocenters. The molecule has 6 nitrogen and oxygen atoms in total. The number of hydrogen-bond donors (Lipinski definition) is 0. The number of pyridine rings is 1. The largest absolute Gasteiger partial charge is 0.342 e. The van der Waals surface area contributed by atoms with Crippen molar-refractivity contribution in [1.82, 2.24) is 24.6 Å². The maximum Gasteiger partial charge on any atom is 0.235 e. The highest BCUT2D eigenvalue weighted by molar-refractivity contribution is 8.00. The van der Waals surface area contributed by atoms with E-state index in [1.54, 1.807) is 12.4 Å². The Labute approximate surface area is 153 Å². The molecule has 1 saturated heterocycles. The van der Waals surface area contributed by atoms with Crippen molar-refractivity contribution in [1.29, 1.82) is 0 Å². The van der Waals surface area contributed by atoms with Gasteiger partial charge in [0.25, 0.3) is 0 Å². The minimum absolute atomic E-state index is 0.150. The van der Waals surface area contributed by atoms with Crippen molar-refractivity contribution >= 4 is 17.7 Å². The first-order chi connectivity index (χ1) is 12.2. The summed E-state index contributed by atoms with van der Waals surface area (Å²) >= 11 is 1.51. The van der Waals surface area contributed by atoms with Gasteiger partial charge in [0.2, 0.25) is 5.91 Å². The Balaban J connectivity index is 1.77. The van der Waals surface area contributed by atoms with Gasteiger partial charge >= 0.3 is 0 Å². The highest BCUT2D eigenvalue weighted by Crippen LogP contribution is 2.28. The lowest BCUT2D eigenvalue weighted by Crippen LogP contribution is -2.40. The number of rotatable bonds is 6. The summed E-state index contributed by atoms with van der Waals surface area (Å²) in [5.41, 5.74) is 0.998. The molecule has 3 rings (SSSR count). The SMILES string of the molecule is CCCn1c(SC(C)C(=O)N2CCCCC2)nnc1-c1ccncc1. The van der Waals surface area contributed by atoms with Crippen LogP contribution in [0.1, 0.15) is 39.5 Å². The standard InChI is InChI=1S/C18H25N5OS/c1-3-11-23-16(15-7-9-19-10-8-15)20-21-18(23)25-14(2)17(24)22-12-5-4-6-13-22/h7-10,14H,3-6,11-13H2,1-2H3. The molecule has 3 heterocycles. The maximum atomic E-state index is 12.7. The lowest BCUT2D eigenvalue weighted by molar-refractivity contribution is -0.131. The van der Waals surface area contributed by atoms with Crippen LogP contribution in [0.4, 0.5) is 0 Å².